The van der Waals surface area contributed by atoms with E-state index in [-0.39, 0.29) is 151 Å². The van der Waals surface area contributed by atoms with Crippen molar-refractivity contribution < 1.29 is 181 Å². The van der Waals surface area contributed by atoms with Crippen LogP contribution in [0, 0.1) is 20.8 Å². The minimum absolute atomic E-state index is 0.125. The van der Waals surface area contributed by atoms with E-state index in [4.69, 9.17) is 94.7 Å². The van der Waals surface area contributed by atoms with Gasteiger partial charge in [-0.1, -0.05) is 39.5 Å². The molecule has 0 saturated carbocycles. The molecule has 147 heavy (non-hydrogen) atoms. The third kappa shape index (κ3) is 44.8. The van der Waals surface area contributed by atoms with Gasteiger partial charge >= 0.3 is 95.5 Å². The molecule has 0 N–H and O–H groups in total. The molecule has 9 rings (SSSR count). The van der Waals surface area contributed by atoms with E-state index in [2.05, 4.69) is 48.9 Å². The third-order valence-electron chi connectivity index (χ3n) is 18.8. The Morgan fingerprint density at radius 1 is 0.224 bits per heavy atom. The van der Waals surface area contributed by atoms with Crippen LogP contribution in [-0.4, -0.2) is 201 Å². The number of carbonyl (C=O) groups is 16. The molecule has 0 bridgehead atoms. The highest BCUT2D eigenvalue weighted by molar-refractivity contribution is 5.96. The van der Waals surface area contributed by atoms with Crippen molar-refractivity contribution in [1.82, 2.24) is 0 Å². The van der Waals surface area contributed by atoms with Crippen molar-refractivity contribution in [3.63, 3.8) is 0 Å². The minimum atomic E-state index is -0.715. The smallest absolute Gasteiger partial charge is 0.343 e. The maximum atomic E-state index is 12.8. The van der Waals surface area contributed by atoms with Crippen LogP contribution in [-0.2, 0) is 95.3 Å². The second-order valence-corrected chi connectivity index (χ2v) is 30.3. The molecule has 9 aromatic rings. The number of aryl methyl sites for hydroxylation is 3. The SMILES string of the molecule is C=C(C)C(=O)OCCCOc1ccc(C(=O)Oc2ccc(OC(=O)c3ccc(OCCCOC(=O)C(=C)C)cc3)c(C)c2)cc1.C=CC(=O)OCCOC(=O)CCC(=O)Oc1ccc(C(=O)Oc2ccc(OC(=O)c3ccc(OC(=O)CCC(=O)OCCOC(=O)C=C)cc3)c(C)c2)cc1.C=CC(=O)OCCOCCOc1ccc(C(=O)Oc2ccc(OC(=O)c3ccc(OCCOCCOC(=O)C=C)cc3)c(C)c2)cc1. The molecule has 9 aromatic carbocycles. The highest BCUT2D eigenvalue weighted by Gasteiger charge is 2.22. The lowest BCUT2D eigenvalue weighted by Crippen LogP contribution is -2.15. The topological polar surface area (TPSA) is 476 Å². The van der Waals surface area contributed by atoms with E-state index < -0.39 is 95.5 Å². The van der Waals surface area contributed by atoms with Crippen molar-refractivity contribution in [3.8, 4) is 69.0 Å². The molecule has 0 aliphatic carbocycles. The molecule has 0 atom stereocenters. The lowest BCUT2D eigenvalue weighted by molar-refractivity contribution is -0.151. The average Bonchev–Trinajstić information content (AvgIpc) is 0.841. The van der Waals surface area contributed by atoms with Crippen molar-refractivity contribution in [2.75, 3.05) is 106 Å². The largest absolute Gasteiger partial charge is 0.493 e. The Bertz CT molecular complexity index is 6080. The van der Waals surface area contributed by atoms with E-state index >= 15 is 0 Å². The van der Waals surface area contributed by atoms with Crippen LogP contribution in [0.25, 0.3) is 0 Å². The Kier molecular flexibility index (Phi) is 50.3. The van der Waals surface area contributed by atoms with E-state index in [0.29, 0.717) is 124 Å². The number of benzene rings is 9. The number of hydrogen-bond donors (Lipinski definition) is 0. The lowest BCUT2D eigenvalue weighted by Gasteiger charge is -2.11. The zero-order valence-electron chi connectivity index (χ0n) is 81.2. The van der Waals surface area contributed by atoms with Gasteiger partial charge in [0.15, 0.2) is 0 Å². The summed E-state index contributed by atoms with van der Waals surface area (Å²) in [5, 5.41) is 0. The summed E-state index contributed by atoms with van der Waals surface area (Å²) in [7, 11) is 0. The van der Waals surface area contributed by atoms with Gasteiger partial charge in [0.1, 0.15) is 122 Å². The molecule has 0 aliphatic rings. The number of hydrogen-bond acceptors (Lipinski definition) is 38. The first-order valence-corrected chi connectivity index (χ1v) is 45.2. The van der Waals surface area contributed by atoms with Gasteiger partial charge < -0.3 is 104 Å². The normalized spacial score (nSPS) is 10.2. The Balaban J connectivity index is 0.000000300. The molecule has 0 saturated heterocycles. The van der Waals surface area contributed by atoms with Crippen molar-refractivity contribution >= 4 is 95.5 Å². The molecule has 0 aliphatic heterocycles. The van der Waals surface area contributed by atoms with Crippen molar-refractivity contribution in [2.45, 2.75) is 73.1 Å². The Morgan fingerprint density at radius 2 is 0.442 bits per heavy atom. The van der Waals surface area contributed by atoms with Crippen molar-refractivity contribution in [3.05, 3.63) is 325 Å². The summed E-state index contributed by atoms with van der Waals surface area (Å²) >= 11 is 0. The molecule has 0 amide bonds. The van der Waals surface area contributed by atoms with E-state index in [9.17, 15) is 76.7 Å². The quantitative estimate of drug-likeness (QED) is 0.0112. The molecule has 0 heterocycles. The fraction of sp³-hybridized carbons (Fsp3) is 0.248. The van der Waals surface area contributed by atoms with Crippen LogP contribution in [0.5, 0.6) is 69.0 Å². The summed E-state index contributed by atoms with van der Waals surface area (Å²) in [5.41, 5.74) is 3.92. The van der Waals surface area contributed by atoms with Crippen LogP contribution in [0.2, 0.25) is 0 Å². The number of rotatable bonds is 56. The molecular weight excluding hydrogens is 1920 g/mol. The summed E-state index contributed by atoms with van der Waals surface area (Å²) in [4.78, 5) is 190. The molecule has 0 fully saturated rings. The highest BCUT2D eigenvalue weighted by Crippen LogP contribution is 2.31. The Morgan fingerprint density at radius 3 is 0.694 bits per heavy atom. The zero-order chi connectivity index (χ0) is 107. The van der Waals surface area contributed by atoms with Gasteiger partial charge in [-0.3, -0.25) is 19.2 Å². The monoisotopic (exact) mass is 2020 g/mol. The van der Waals surface area contributed by atoms with E-state index in [1.807, 2.05) is 0 Å². The molecule has 38 heteroatoms. The van der Waals surface area contributed by atoms with Crippen LogP contribution in [0.1, 0.15) is 131 Å². The summed E-state index contributed by atoms with van der Waals surface area (Å²) in [6.07, 6.45) is 4.07. The van der Waals surface area contributed by atoms with Gasteiger partial charge in [0.25, 0.3) is 0 Å². The van der Waals surface area contributed by atoms with Gasteiger partial charge in [0.05, 0.1) is 112 Å². The first-order valence-electron chi connectivity index (χ1n) is 45.2. The van der Waals surface area contributed by atoms with Gasteiger partial charge in [0.2, 0.25) is 0 Å². The van der Waals surface area contributed by atoms with E-state index in [1.165, 1.54) is 78.9 Å². The van der Waals surface area contributed by atoms with E-state index in [0.717, 1.165) is 24.3 Å². The minimum Gasteiger partial charge on any atom is -0.493 e. The summed E-state index contributed by atoms with van der Waals surface area (Å²) < 4.78 is 115. The Labute approximate surface area is 845 Å². The van der Waals surface area contributed by atoms with Crippen LogP contribution >= 0.6 is 0 Å². The summed E-state index contributed by atoms with van der Waals surface area (Å²) in [5.74, 6) is -5.65. The first kappa shape index (κ1) is 116. The zero-order valence-corrected chi connectivity index (χ0v) is 81.2. The number of carbonyl (C=O) groups excluding carboxylic acids is 16. The van der Waals surface area contributed by atoms with Crippen molar-refractivity contribution in [2.24, 2.45) is 0 Å². The predicted molar refractivity (Wildman–Crippen MR) is 523 cm³/mol. The van der Waals surface area contributed by atoms with Gasteiger partial charge in [-0.25, -0.2) is 57.5 Å². The van der Waals surface area contributed by atoms with Crippen LogP contribution in [0.4, 0.5) is 0 Å². The van der Waals surface area contributed by atoms with E-state index in [1.54, 1.807) is 156 Å². The van der Waals surface area contributed by atoms with Gasteiger partial charge in [-0.2, -0.15) is 0 Å². The molecule has 772 valence electrons. The maximum absolute atomic E-state index is 12.8. The lowest BCUT2D eigenvalue weighted by atomic mass is 10.2. The molecular formula is C109H108O38. The molecule has 0 radical (unpaired) electrons. The number of ether oxygens (including phenoxy) is 22. The summed E-state index contributed by atoms with van der Waals surface area (Å²) in [6.45, 7) is 30.7. The van der Waals surface area contributed by atoms with Crippen molar-refractivity contribution in [1.29, 1.82) is 0 Å². The van der Waals surface area contributed by atoms with Gasteiger partial charge in [-0.15, -0.1) is 0 Å². The van der Waals surface area contributed by atoms with Crippen LogP contribution in [0.15, 0.2) is 275 Å². The first-order chi connectivity index (χ1) is 70.7. The fourth-order valence-corrected chi connectivity index (χ4v) is 11.3. The maximum Gasteiger partial charge on any atom is 0.343 e. The molecule has 0 aromatic heterocycles. The fourth-order valence-electron chi connectivity index (χ4n) is 11.3. The standard InChI is InChI=1S/C39H36O16.C35H36O12.C35H36O10/c1-4-32(40)48-20-22-50-34(42)16-18-36(44)52-28-10-6-26(7-11-28)38(46)54-30-14-15-31(25(3)24-30)55-39(47)27-8-12-29(13-9-27)53-37(45)19-17-35(43)51-23-21-49-33(41)5-2;1-4-32(36)44-22-18-40-16-20-42-28-10-6-26(7-11-28)34(38)46-30-14-15-31(25(3)24-30)47-35(39)27-8-12-29(13-9-27)43-21-17-41-19-23-45-33(37)5-2;1-23(2)32(36)42-20-6-18-40-28-12-8-26(9-13-28)34(38)44-30-16-17-31(25(5)22-30)45-35(39)27-10-14-29(15-11-27)41-19-7-21-43-33(37)24(3)4/h4-15,24H,1-2,16-23H2,3H3;4-15,24H,1-2,16-23H2,3H3;8-17,22H,1,3,6-7,18-21H2,2,4-5H3. The molecule has 0 spiro atoms. The molecule has 0 unspecified atom stereocenters. The summed E-state index contributed by atoms with van der Waals surface area (Å²) in [6, 6.07) is 50.6. The molecule has 38 nitrogen and oxygen atoms in total. The number of esters is 16. The average molecular weight is 2030 g/mol. The third-order valence-corrected chi connectivity index (χ3v) is 18.8. The Hall–Kier alpha value is -17.9. The van der Waals surface area contributed by atoms with Gasteiger partial charge in [-0.05, 0) is 251 Å². The second kappa shape index (κ2) is 63.8. The van der Waals surface area contributed by atoms with Gasteiger partial charge in [0, 0.05) is 48.3 Å². The highest BCUT2D eigenvalue weighted by atomic mass is 16.6. The predicted octanol–water partition coefficient (Wildman–Crippen LogP) is 15.2. The van der Waals surface area contributed by atoms with Crippen LogP contribution < -0.4 is 56.8 Å². The second-order valence-electron chi connectivity index (χ2n) is 30.3. The van der Waals surface area contributed by atoms with Crippen LogP contribution in [0.3, 0.4) is 0 Å².